The molecular weight excluding hydrogens is 312 g/mol. The van der Waals surface area contributed by atoms with E-state index in [1.807, 2.05) is 19.2 Å². The van der Waals surface area contributed by atoms with Crippen LogP contribution in [0.2, 0.25) is 5.02 Å². The lowest BCUT2D eigenvalue weighted by Crippen LogP contribution is -2.43. The summed E-state index contributed by atoms with van der Waals surface area (Å²) in [7, 11) is 1.81. The first-order chi connectivity index (χ1) is 11.0. The molecule has 2 amide bonds. The summed E-state index contributed by atoms with van der Waals surface area (Å²) in [6, 6.07) is 7.88. The topological polar surface area (TPSA) is 52.6 Å². The number of carbonyl (C=O) groups excluding carboxylic acids is 1. The summed E-state index contributed by atoms with van der Waals surface area (Å²) < 4.78 is 0. The number of rotatable bonds is 5. The fourth-order valence-electron chi connectivity index (χ4n) is 3.57. The van der Waals surface area contributed by atoms with Crippen molar-refractivity contribution in [3.05, 3.63) is 34.9 Å². The van der Waals surface area contributed by atoms with Gasteiger partial charge in [0.15, 0.2) is 0 Å². The van der Waals surface area contributed by atoms with E-state index in [2.05, 4.69) is 17.4 Å². The average molecular weight is 337 g/mol. The van der Waals surface area contributed by atoms with Crippen molar-refractivity contribution >= 4 is 17.6 Å². The minimum absolute atomic E-state index is 0.0515. The minimum atomic E-state index is -0.255. The quantitative estimate of drug-likeness (QED) is 0.867. The number of aliphatic hydroxyl groups excluding tert-OH is 1. The van der Waals surface area contributed by atoms with Crippen LogP contribution in [0.1, 0.15) is 37.7 Å². The predicted octanol–water partition coefficient (Wildman–Crippen LogP) is 3.17. The van der Waals surface area contributed by atoms with E-state index in [-0.39, 0.29) is 23.5 Å². The molecule has 2 atom stereocenters. The Bertz CT molecular complexity index is 557. The van der Waals surface area contributed by atoms with Crippen LogP contribution in [0.4, 0.5) is 4.79 Å². The van der Waals surface area contributed by atoms with Gasteiger partial charge in [-0.3, -0.25) is 0 Å². The van der Waals surface area contributed by atoms with Crippen molar-refractivity contribution in [2.45, 2.75) is 43.6 Å². The van der Waals surface area contributed by atoms with Crippen molar-refractivity contribution in [3.63, 3.8) is 0 Å². The van der Waals surface area contributed by atoms with E-state index < -0.39 is 0 Å². The van der Waals surface area contributed by atoms with Crippen molar-refractivity contribution in [2.75, 3.05) is 20.1 Å². The van der Waals surface area contributed by atoms with Gasteiger partial charge < -0.3 is 15.3 Å². The fraction of sp³-hybridized carbons (Fsp3) is 0.611. The smallest absolute Gasteiger partial charge is 0.317 e. The van der Waals surface area contributed by atoms with Crippen LogP contribution in [-0.2, 0) is 5.41 Å². The van der Waals surface area contributed by atoms with Crippen molar-refractivity contribution in [1.29, 1.82) is 0 Å². The Balaban J connectivity index is 1.51. The van der Waals surface area contributed by atoms with Gasteiger partial charge in [-0.15, -0.1) is 0 Å². The molecule has 2 N–H and O–H groups in total. The summed E-state index contributed by atoms with van der Waals surface area (Å²) in [5, 5.41) is 13.7. The number of nitrogens with zero attached hydrogens (tertiary/aromatic N) is 1. The van der Waals surface area contributed by atoms with E-state index >= 15 is 0 Å². The fourth-order valence-corrected chi connectivity index (χ4v) is 3.69. The number of aliphatic hydroxyl groups is 1. The van der Waals surface area contributed by atoms with E-state index in [0.717, 1.165) is 37.1 Å². The van der Waals surface area contributed by atoms with Crippen LogP contribution in [0.3, 0.4) is 0 Å². The number of benzene rings is 1. The lowest BCUT2D eigenvalue weighted by molar-refractivity contribution is 0.114. The van der Waals surface area contributed by atoms with Crippen LogP contribution < -0.4 is 5.32 Å². The number of amides is 2. The second kappa shape index (κ2) is 6.70. The van der Waals surface area contributed by atoms with Gasteiger partial charge in [0, 0.05) is 36.5 Å². The van der Waals surface area contributed by atoms with Crippen LogP contribution in [0.25, 0.3) is 0 Å². The Morgan fingerprint density at radius 3 is 2.61 bits per heavy atom. The number of urea groups is 1. The molecule has 1 aromatic carbocycles. The molecule has 2 saturated carbocycles. The maximum Gasteiger partial charge on any atom is 0.317 e. The zero-order valence-electron chi connectivity index (χ0n) is 13.6. The summed E-state index contributed by atoms with van der Waals surface area (Å²) in [6.07, 6.45) is 4.86. The highest BCUT2D eigenvalue weighted by molar-refractivity contribution is 6.30. The largest absolute Gasteiger partial charge is 0.393 e. The SMILES string of the molecule is CN(CC1CCCC1O)C(=O)NCC1(c2ccc(Cl)cc2)CC1. The molecule has 2 aliphatic carbocycles. The highest BCUT2D eigenvalue weighted by Gasteiger charge is 2.44. The third kappa shape index (κ3) is 3.81. The first kappa shape index (κ1) is 16.6. The van der Waals surface area contributed by atoms with Gasteiger partial charge in [0.25, 0.3) is 0 Å². The average Bonchev–Trinajstić information content (AvgIpc) is 3.23. The summed E-state index contributed by atoms with van der Waals surface area (Å²) in [4.78, 5) is 14.0. The molecule has 0 bridgehead atoms. The van der Waals surface area contributed by atoms with Crippen molar-refractivity contribution in [2.24, 2.45) is 5.92 Å². The van der Waals surface area contributed by atoms with Gasteiger partial charge in [0.1, 0.15) is 0 Å². The number of hydrogen-bond acceptors (Lipinski definition) is 2. The molecular formula is C18H25ClN2O2. The van der Waals surface area contributed by atoms with Gasteiger partial charge in [-0.25, -0.2) is 4.79 Å². The molecule has 0 spiro atoms. The first-order valence-corrected chi connectivity index (χ1v) is 8.81. The maximum absolute atomic E-state index is 12.3. The van der Waals surface area contributed by atoms with Crippen LogP contribution in [0.15, 0.2) is 24.3 Å². The monoisotopic (exact) mass is 336 g/mol. The second-order valence-corrected chi connectivity index (χ2v) is 7.52. The zero-order chi connectivity index (χ0) is 16.4. The normalized spacial score (nSPS) is 25.2. The highest BCUT2D eigenvalue weighted by Crippen LogP contribution is 2.47. The lowest BCUT2D eigenvalue weighted by atomic mass is 9.96. The number of halogens is 1. The lowest BCUT2D eigenvalue weighted by Gasteiger charge is -2.25. The van der Waals surface area contributed by atoms with E-state index in [1.54, 1.807) is 4.90 Å². The summed E-state index contributed by atoms with van der Waals surface area (Å²) >= 11 is 5.95. The van der Waals surface area contributed by atoms with Gasteiger partial charge in [-0.1, -0.05) is 30.2 Å². The van der Waals surface area contributed by atoms with E-state index in [4.69, 9.17) is 11.6 Å². The molecule has 23 heavy (non-hydrogen) atoms. The third-order valence-electron chi connectivity index (χ3n) is 5.36. The Morgan fingerprint density at radius 1 is 1.35 bits per heavy atom. The predicted molar refractivity (Wildman–Crippen MR) is 91.7 cm³/mol. The molecule has 0 radical (unpaired) electrons. The molecule has 3 rings (SSSR count). The van der Waals surface area contributed by atoms with Gasteiger partial charge in [-0.05, 0) is 43.4 Å². The van der Waals surface area contributed by atoms with Crippen LogP contribution in [0.5, 0.6) is 0 Å². The van der Waals surface area contributed by atoms with Gasteiger partial charge in [-0.2, -0.15) is 0 Å². The van der Waals surface area contributed by atoms with E-state index in [1.165, 1.54) is 5.56 Å². The van der Waals surface area contributed by atoms with Crippen molar-refractivity contribution in [1.82, 2.24) is 10.2 Å². The second-order valence-electron chi connectivity index (χ2n) is 7.08. The van der Waals surface area contributed by atoms with Crippen molar-refractivity contribution < 1.29 is 9.90 Å². The molecule has 0 aliphatic heterocycles. The molecule has 4 nitrogen and oxygen atoms in total. The molecule has 0 heterocycles. The molecule has 0 aromatic heterocycles. The van der Waals surface area contributed by atoms with Gasteiger partial charge in [0.2, 0.25) is 0 Å². The Hall–Kier alpha value is -1.26. The Kier molecular flexibility index (Phi) is 4.83. The van der Waals surface area contributed by atoms with Crippen LogP contribution >= 0.6 is 11.6 Å². The number of hydrogen-bond donors (Lipinski definition) is 2. The zero-order valence-corrected chi connectivity index (χ0v) is 14.4. The third-order valence-corrected chi connectivity index (χ3v) is 5.61. The molecule has 5 heteroatoms. The summed E-state index contributed by atoms with van der Waals surface area (Å²) in [5.74, 6) is 0.219. The van der Waals surface area contributed by atoms with Gasteiger partial charge >= 0.3 is 6.03 Å². The minimum Gasteiger partial charge on any atom is -0.393 e. The number of nitrogens with one attached hydrogen (secondary N) is 1. The van der Waals surface area contributed by atoms with Crippen molar-refractivity contribution in [3.8, 4) is 0 Å². The molecule has 2 unspecified atom stereocenters. The van der Waals surface area contributed by atoms with Gasteiger partial charge in [0.05, 0.1) is 6.10 Å². The summed E-state index contributed by atoms with van der Waals surface area (Å²) in [6.45, 7) is 1.28. The molecule has 0 saturated heterocycles. The standard InChI is InChI=1S/C18H25ClN2O2/c1-21(11-13-3-2-4-16(13)22)17(23)20-12-18(9-10-18)14-5-7-15(19)8-6-14/h5-8,13,16,22H,2-4,9-12H2,1H3,(H,20,23). The van der Waals surface area contributed by atoms with E-state index in [0.29, 0.717) is 13.1 Å². The Morgan fingerprint density at radius 2 is 2.04 bits per heavy atom. The summed E-state index contributed by atoms with van der Waals surface area (Å²) in [5.41, 5.74) is 1.32. The molecule has 2 fully saturated rings. The highest BCUT2D eigenvalue weighted by atomic mass is 35.5. The molecule has 1 aromatic rings. The Labute approximate surface area is 142 Å². The van der Waals surface area contributed by atoms with Crippen LogP contribution in [-0.4, -0.2) is 42.3 Å². The molecule has 126 valence electrons. The number of carbonyl (C=O) groups is 1. The first-order valence-electron chi connectivity index (χ1n) is 8.43. The van der Waals surface area contributed by atoms with Crippen LogP contribution in [0, 0.1) is 5.92 Å². The maximum atomic E-state index is 12.3. The molecule has 2 aliphatic rings. The van der Waals surface area contributed by atoms with E-state index in [9.17, 15) is 9.90 Å².